The number of carbonyl (C=O) groups excluding carboxylic acids is 1. The number of aliphatic hydroxyl groups is 1. The molecule has 0 saturated heterocycles. The number of ether oxygens (including phenoxy) is 1. The first kappa shape index (κ1) is 17.3. The molecule has 0 aromatic rings. The van der Waals surface area contributed by atoms with Crippen LogP contribution in [0.1, 0.15) is 59.3 Å². The lowest BCUT2D eigenvalue weighted by molar-refractivity contribution is -0.137. The van der Waals surface area contributed by atoms with Crippen LogP contribution in [0.5, 0.6) is 0 Å². The lowest BCUT2D eigenvalue weighted by Gasteiger charge is -2.58. The van der Waals surface area contributed by atoms with Gasteiger partial charge < -0.3 is 9.84 Å². The number of rotatable bonds is 2. The van der Waals surface area contributed by atoms with Crippen LogP contribution in [-0.4, -0.2) is 24.1 Å². The summed E-state index contributed by atoms with van der Waals surface area (Å²) in [5, 5.41) is 11.3. The van der Waals surface area contributed by atoms with Gasteiger partial charge in [-0.15, -0.1) is 0 Å². The molecule has 0 amide bonds. The topological polar surface area (TPSA) is 46.5 Å². The average molecular weight is 344 g/mol. The summed E-state index contributed by atoms with van der Waals surface area (Å²) in [6.45, 7) is 6.37. The molecule has 0 aliphatic heterocycles. The fourth-order valence-electron chi connectivity index (χ4n) is 7.26. The standard InChI is InChI=1S/C22H32O3/c1-13(23)17-7-8-18-16-6-5-14-11-15(25-4)9-10-21(14,2)20(16)19(24)12-22(17,18)3/h5,11,16-20,24H,6-10,12H2,1-4H3/t16-,17+,18-,19?,20+,21-,22+/m0/s1. The summed E-state index contributed by atoms with van der Waals surface area (Å²) in [4.78, 5) is 12.2. The molecule has 2 saturated carbocycles. The van der Waals surface area contributed by atoms with Crippen molar-refractivity contribution < 1.29 is 14.6 Å². The third-order valence-electron chi connectivity index (χ3n) is 8.42. The molecule has 0 spiro atoms. The average Bonchev–Trinajstić information content (AvgIpc) is 2.90. The molecule has 1 N–H and O–H groups in total. The molecule has 138 valence electrons. The van der Waals surface area contributed by atoms with Crippen molar-refractivity contribution in [1.29, 1.82) is 0 Å². The maximum atomic E-state index is 12.2. The summed E-state index contributed by atoms with van der Waals surface area (Å²) in [6.07, 6.45) is 10.3. The van der Waals surface area contributed by atoms with Crippen molar-refractivity contribution in [1.82, 2.24) is 0 Å². The zero-order valence-corrected chi connectivity index (χ0v) is 16.0. The van der Waals surface area contributed by atoms with E-state index in [-0.39, 0.29) is 22.9 Å². The van der Waals surface area contributed by atoms with Gasteiger partial charge in [-0.2, -0.15) is 0 Å². The van der Waals surface area contributed by atoms with Gasteiger partial charge in [0.1, 0.15) is 5.78 Å². The molecule has 4 aliphatic carbocycles. The van der Waals surface area contributed by atoms with Crippen molar-refractivity contribution >= 4 is 5.78 Å². The van der Waals surface area contributed by atoms with Gasteiger partial charge in [0, 0.05) is 12.3 Å². The second-order valence-electron chi connectivity index (χ2n) is 9.44. The molecule has 2 fully saturated rings. The number of hydrogen-bond donors (Lipinski definition) is 1. The fraction of sp³-hybridized carbons (Fsp3) is 0.773. The highest BCUT2D eigenvalue weighted by Crippen LogP contribution is 2.66. The first-order chi connectivity index (χ1) is 11.8. The van der Waals surface area contributed by atoms with Crippen LogP contribution >= 0.6 is 0 Å². The Labute approximate surface area is 151 Å². The maximum absolute atomic E-state index is 12.2. The number of aliphatic hydroxyl groups excluding tert-OH is 1. The largest absolute Gasteiger partial charge is 0.501 e. The summed E-state index contributed by atoms with van der Waals surface area (Å²) >= 11 is 0. The summed E-state index contributed by atoms with van der Waals surface area (Å²) in [5.74, 6) is 2.90. The van der Waals surface area contributed by atoms with E-state index < -0.39 is 0 Å². The van der Waals surface area contributed by atoms with E-state index in [9.17, 15) is 9.90 Å². The number of Topliss-reactive ketones (excluding diaryl/α,β-unsaturated/α-hetero) is 1. The van der Waals surface area contributed by atoms with Gasteiger partial charge in [0.15, 0.2) is 0 Å². The minimum absolute atomic E-state index is 0.0175. The number of fused-ring (bicyclic) bond motifs is 5. The molecule has 0 bridgehead atoms. The van der Waals surface area contributed by atoms with Gasteiger partial charge in [-0.05, 0) is 79.3 Å². The fourth-order valence-corrected chi connectivity index (χ4v) is 7.26. The minimum Gasteiger partial charge on any atom is -0.501 e. The van der Waals surface area contributed by atoms with Gasteiger partial charge in [0.2, 0.25) is 0 Å². The SMILES string of the molecule is COC1=CC2=CC[C@H]3[C@@H]4CC[C@H](C(C)=O)[C@@]4(C)CC(O)[C@@H]3[C@@]2(C)CC1. The van der Waals surface area contributed by atoms with Gasteiger partial charge in [-0.25, -0.2) is 0 Å². The highest BCUT2D eigenvalue weighted by atomic mass is 16.5. The monoisotopic (exact) mass is 344 g/mol. The van der Waals surface area contributed by atoms with E-state index in [0.717, 1.165) is 44.3 Å². The number of carbonyl (C=O) groups is 1. The van der Waals surface area contributed by atoms with Gasteiger partial charge >= 0.3 is 0 Å². The van der Waals surface area contributed by atoms with E-state index >= 15 is 0 Å². The van der Waals surface area contributed by atoms with E-state index in [2.05, 4.69) is 26.0 Å². The highest BCUT2D eigenvalue weighted by Gasteiger charge is 2.61. The third-order valence-corrected chi connectivity index (χ3v) is 8.42. The van der Waals surface area contributed by atoms with Crippen LogP contribution < -0.4 is 0 Å². The van der Waals surface area contributed by atoms with Crippen LogP contribution in [0.25, 0.3) is 0 Å². The van der Waals surface area contributed by atoms with Gasteiger partial charge in [0.25, 0.3) is 0 Å². The third kappa shape index (κ3) is 2.31. The van der Waals surface area contributed by atoms with Gasteiger partial charge in [-0.1, -0.05) is 19.9 Å². The van der Waals surface area contributed by atoms with Crippen LogP contribution in [0, 0.1) is 34.5 Å². The van der Waals surface area contributed by atoms with Crippen LogP contribution in [0.4, 0.5) is 0 Å². The molecule has 4 aliphatic rings. The quantitative estimate of drug-likeness (QED) is 0.814. The Balaban J connectivity index is 1.73. The second-order valence-corrected chi connectivity index (χ2v) is 9.44. The molecule has 0 aromatic heterocycles. The number of allylic oxidation sites excluding steroid dienone is 4. The normalized spacial score (nSPS) is 48.6. The Morgan fingerprint density at radius 1 is 1.32 bits per heavy atom. The van der Waals surface area contributed by atoms with Crippen molar-refractivity contribution in [3.05, 3.63) is 23.5 Å². The smallest absolute Gasteiger partial charge is 0.133 e. The van der Waals surface area contributed by atoms with Crippen molar-refractivity contribution in [2.75, 3.05) is 7.11 Å². The molecule has 4 rings (SSSR count). The maximum Gasteiger partial charge on any atom is 0.133 e. The number of ketones is 1. The lowest BCUT2D eigenvalue weighted by Crippen LogP contribution is -2.56. The predicted octanol–water partition coefficient (Wildman–Crippen LogP) is 4.27. The highest BCUT2D eigenvalue weighted by molar-refractivity contribution is 5.79. The van der Waals surface area contributed by atoms with Crippen molar-refractivity contribution in [3.63, 3.8) is 0 Å². The molecular formula is C22H32O3. The first-order valence-electron chi connectivity index (χ1n) is 9.95. The Bertz CT molecular complexity index is 648. The molecule has 3 nitrogen and oxygen atoms in total. The Hall–Kier alpha value is -1.09. The molecule has 0 heterocycles. The predicted molar refractivity (Wildman–Crippen MR) is 97.7 cm³/mol. The van der Waals surface area contributed by atoms with Crippen LogP contribution in [0.3, 0.4) is 0 Å². The Morgan fingerprint density at radius 2 is 2.08 bits per heavy atom. The van der Waals surface area contributed by atoms with Crippen LogP contribution in [0.15, 0.2) is 23.5 Å². The molecule has 7 atom stereocenters. The van der Waals surface area contributed by atoms with Crippen molar-refractivity contribution in [2.45, 2.75) is 65.4 Å². The van der Waals surface area contributed by atoms with Crippen LogP contribution in [0.2, 0.25) is 0 Å². The van der Waals surface area contributed by atoms with E-state index in [0.29, 0.717) is 23.5 Å². The van der Waals surface area contributed by atoms with Gasteiger partial charge in [-0.3, -0.25) is 4.79 Å². The van der Waals surface area contributed by atoms with Crippen molar-refractivity contribution in [3.8, 4) is 0 Å². The molecular weight excluding hydrogens is 312 g/mol. The lowest BCUT2D eigenvalue weighted by atomic mass is 9.47. The molecule has 25 heavy (non-hydrogen) atoms. The summed E-state index contributed by atoms with van der Waals surface area (Å²) in [7, 11) is 1.75. The summed E-state index contributed by atoms with van der Waals surface area (Å²) in [6, 6.07) is 0. The summed E-state index contributed by atoms with van der Waals surface area (Å²) in [5.41, 5.74) is 1.39. The first-order valence-corrected chi connectivity index (χ1v) is 9.95. The van der Waals surface area contributed by atoms with Gasteiger partial charge in [0.05, 0.1) is 19.0 Å². The van der Waals surface area contributed by atoms with E-state index in [1.807, 2.05) is 0 Å². The Kier molecular flexibility index (Phi) is 3.95. The molecule has 3 heteroatoms. The molecule has 0 aromatic carbocycles. The number of hydrogen-bond acceptors (Lipinski definition) is 3. The van der Waals surface area contributed by atoms with Crippen LogP contribution in [-0.2, 0) is 9.53 Å². The number of methoxy groups -OCH3 is 1. The molecule has 0 radical (unpaired) electrons. The van der Waals surface area contributed by atoms with E-state index in [1.165, 1.54) is 5.57 Å². The zero-order chi connectivity index (χ0) is 18.0. The summed E-state index contributed by atoms with van der Waals surface area (Å²) < 4.78 is 5.49. The van der Waals surface area contributed by atoms with E-state index in [4.69, 9.17) is 4.74 Å². The zero-order valence-electron chi connectivity index (χ0n) is 16.0. The minimum atomic E-state index is -0.308. The Morgan fingerprint density at radius 3 is 2.76 bits per heavy atom. The van der Waals surface area contributed by atoms with E-state index in [1.54, 1.807) is 14.0 Å². The molecule has 1 unspecified atom stereocenters. The van der Waals surface area contributed by atoms with Crippen molar-refractivity contribution in [2.24, 2.45) is 34.5 Å². The second kappa shape index (κ2) is 5.70.